The number of hydrogen-bond donors (Lipinski definition) is 2. The van der Waals surface area contributed by atoms with Gasteiger partial charge in [-0.1, -0.05) is 32.9 Å². The van der Waals surface area contributed by atoms with E-state index < -0.39 is 0 Å². The first-order valence-electron chi connectivity index (χ1n) is 9.99. The molecule has 0 aliphatic rings. The normalized spacial score (nSPS) is 11.8. The van der Waals surface area contributed by atoms with Gasteiger partial charge in [0.05, 0.1) is 19.3 Å². The largest absolute Gasteiger partial charge is 0.494 e. The Morgan fingerprint density at radius 1 is 1.00 bits per heavy atom. The minimum atomic E-state index is -0.119. The van der Waals surface area contributed by atoms with Gasteiger partial charge in [0.1, 0.15) is 11.5 Å². The number of amides is 1. The van der Waals surface area contributed by atoms with Crippen LogP contribution in [0.1, 0.15) is 40.5 Å². The second-order valence-electron chi connectivity index (χ2n) is 7.33. The maximum Gasteiger partial charge on any atom is 0.243 e. The Bertz CT molecular complexity index is 746. The number of rotatable bonds is 11. The molecule has 0 bridgehead atoms. The van der Waals surface area contributed by atoms with Crippen LogP contribution in [0.25, 0.3) is 0 Å². The van der Waals surface area contributed by atoms with E-state index in [4.69, 9.17) is 9.47 Å². The predicted octanol–water partition coefficient (Wildman–Crippen LogP) is 5.34. The lowest BCUT2D eigenvalue weighted by atomic mass is 10.1. The van der Waals surface area contributed by atoms with E-state index in [1.807, 2.05) is 55.5 Å². The highest BCUT2D eigenvalue weighted by atomic mass is 16.5. The number of benzene rings is 2. The van der Waals surface area contributed by atoms with E-state index in [2.05, 4.69) is 31.4 Å². The van der Waals surface area contributed by atoms with Crippen molar-refractivity contribution in [3.05, 3.63) is 48.5 Å². The molecule has 0 saturated heterocycles. The molecule has 0 radical (unpaired) electrons. The van der Waals surface area contributed by atoms with Crippen molar-refractivity contribution in [1.29, 1.82) is 0 Å². The molecule has 2 rings (SSSR count). The van der Waals surface area contributed by atoms with Gasteiger partial charge in [0.25, 0.3) is 0 Å². The van der Waals surface area contributed by atoms with Gasteiger partial charge in [-0.05, 0) is 49.9 Å². The Kier molecular flexibility index (Phi) is 8.66. The van der Waals surface area contributed by atoms with Gasteiger partial charge >= 0.3 is 0 Å². The van der Waals surface area contributed by atoms with Crippen molar-refractivity contribution < 1.29 is 14.3 Å². The standard InChI is InChI=1S/C23H32N2O3/c1-5-18(4)28-22-11-7-9-20(15-22)25-23(26)16-24-19-8-6-10-21(14-19)27-13-12-17(2)3/h6-11,14-15,17-18,24H,5,12-13,16H2,1-4H3,(H,25,26). The zero-order valence-electron chi connectivity index (χ0n) is 17.3. The summed E-state index contributed by atoms with van der Waals surface area (Å²) >= 11 is 0. The molecule has 0 aliphatic heterocycles. The molecular formula is C23H32N2O3. The van der Waals surface area contributed by atoms with Crippen molar-refractivity contribution in [3.8, 4) is 11.5 Å². The Morgan fingerprint density at radius 2 is 1.68 bits per heavy atom. The van der Waals surface area contributed by atoms with Crippen LogP contribution in [0.5, 0.6) is 11.5 Å². The fourth-order valence-electron chi connectivity index (χ4n) is 2.46. The molecule has 2 aromatic carbocycles. The monoisotopic (exact) mass is 384 g/mol. The Labute approximate surface area is 168 Å². The van der Waals surface area contributed by atoms with Crippen LogP contribution < -0.4 is 20.1 Å². The minimum absolute atomic E-state index is 0.119. The maximum absolute atomic E-state index is 12.3. The fraction of sp³-hybridized carbons (Fsp3) is 0.435. The van der Waals surface area contributed by atoms with Crippen molar-refractivity contribution in [3.63, 3.8) is 0 Å². The van der Waals surface area contributed by atoms with Crippen LogP contribution in [0.15, 0.2) is 48.5 Å². The third-order valence-corrected chi connectivity index (χ3v) is 4.28. The average molecular weight is 385 g/mol. The molecule has 5 nitrogen and oxygen atoms in total. The van der Waals surface area contributed by atoms with Gasteiger partial charge in [0.15, 0.2) is 0 Å². The summed E-state index contributed by atoms with van der Waals surface area (Å²) in [7, 11) is 0. The van der Waals surface area contributed by atoms with Gasteiger partial charge in [-0.25, -0.2) is 0 Å². The van der Waals surface area contributed by atoms with E-state index in [9.17, 15) is 4.79 Å². The van der Waals surface area contributed by atoms with Crippen molar-refractivity contribution in [2.45, 2.75) is 46.6 Å². The maximum atomic E-state index is 12.3. The van der Waals surface area contributed by atoms with Crippen LogP contribution in [0.4, 0.5) is 11.4 Å². The summed E-state index contributed by atoms with van der Waals surface area (Å²) in [4.78, 5) is 12.3. The van der Waals surface area contributed by atoms with Gasteiger partial charge in [-0.2, -0.15) is 0 Å². The second-order valence-corrected chi connectivity index (χ2v) is 7.33. The molecule has 152 valence electrons. The fourth-order valence-corrected chi connectivity index (χ4v) is 2.46. The highest BCUT2D eigenvalue weighted by molar-refractivity contribution is 5.93. The van der Waals surface area contributed by atoms with Crippen molar-refractivity contribution >= 4 is 17.3 Å². The summed E-state index contributed by atoms with van der Waals surface area (Å²) in [6, 6.07) is 15.1. The van der Waals surface area contributed by atoms with Crippen LogP contribution in [0.3, 0.4) is 0 Å². The summed E-state index contributed by atoms with van der Waals surface area (Å²) in [5, 5.41) is 6.03. The van der Waals surface area contributed by atoms with Crippen LogP contribution in [0, 0.1) is 5.92 Å². The SMILES string of the molecule is CCC(C)Oc1cccc(NC(=O)CNc2cccc(OCCC(C)C)c2)c1. The van der Waals surface area contributed by atoms with E-state index in [-0.39, 0.29) is 18.6 Å². The number of hydrogen-bond acceptors (Lipinski definition) is 4. The first-order valence-corrected chi connectivity index (χ1v) is 9.99. The molecule has 1 atom stereocenters. The lowest BCUT2D eigenvalue weighted by Gasteiger charge is -2.14. The molecule has 1 amide bonds. The Balaban J connectivity index is 1.83. The second kappa shape index (κ2) is 11.2. The van der Waals surface area contributed by atoms with E-state index in [1.54, 1.807) is 0 Å². The van der Waals surface area contributed by atoms with Gasteiger partial charge in [-0.3, -0.25) is 4.79 Å². The summed E-state index contributed by atoms with van der Waals surface area (Å²) in [5.74, 6) is 2.05. The number of anilines is 2. The molecule has 5 heteroatoms. The zero-order valence-corrected chi connectivity index (χ0v) is 17.3. The third kappa shape index (κ3) is 7.91. The highest BCUT2D eigenvalue weighted by Gasteiger charge is 2.06. The Hall–Kier alpha value is -2.69. The highest BCUT2D eigenvalue weighted by Crippen LogP contribution is 2.20. The molecule has 1 unspecified atom stereocenters. The summed E-state index contributed by atoms with van der Waals surface area (Å²) in [6.07, 6.45) is 2.09. The minimum Gasteiger partial charge on any atom is -0.494 e. The molecule has 0 aliphatic carbocycles. The number of nitrogens with one attached hydrogen (secondary N) is 2. The molecule has 0 aromatic heterocycles. The summed E-state index contributed by atoms with van der Waals surface area (Å²) in [6.45, 7) is 9.31. The van der Waals surface area contributed by atoms with Crippen molar-refractivity contribution in [2.75, 3.05) is 23.8 Å². The van der Waals surface area contributed by atoms with E-state index in [0.717, 1.165) is 35.7 Å². The third-order valence-electron chi connectivity index (χ3n) is 4.28. The molecule has 0 saturated carbocycles. The van der Waals surface area contributed by atoms with Crippen LogP contribution >= 0.6 is 0 Å². The van der Waals surface area contributed by atoms with Crippen LogP contribution in [0.2, 0.25) is 0 Å². The van der Waals surface area contributed by atoms with Gasteiger partial charge in [0, 0.05) is 23.5 Å². The van der Waals surface area contributed by atoms with E-state index in [0.29, 0.717) is 12.5 Å². The number of ether oxygens (including phenoxy) is 2. The molecule has 0 spiro atoms. The molecule has 0 fully saturated rings. The lowest BCUT2D eigenvalue weighted by Crippen LogP contribution is -2.21. The van der Waals surface area contributed by atoms with Crippen LogP contribution in [-0.4, -0.2) is 25.2 Å². The molecule has 2 aromatic rings. The first kappa shape index (κ1) is 21.6. The zero-order chi connectivity index (χ0) is 20.4. The molecular weight excluding hydrogens is 352 g/mol. The molecule has 28 heavy (non-hydrogen) atoms. The van der Waals surface area contributed by atoms with Gasteiger partial charge < -0.3 is 20.1 Å². The van der Waals surface area contributed by atoms with Crippen molar-refractivity contribution in [2.24, 2.45) is 5.92 Å². The van der Waals surface area contributed by atoms with Gasteiger partial charge in [-0.15, -0.1) is 0 Å². The topological polar surface area (TPSA) is 59.6 Å². The van der Waals surface area contributed by atoms with E-state index in [1.165, 1.54) is 0 Å². The van der Waals surface area contributed by atoms with E-state index >= 15 is 0 Å². The van der Waals surface area contributed by atoms with Crippen LogP contribution in [-0.2, 0) is 4.79 Å². The smallest absolute Gasteiger partial charge is 0.243 e. The Morgan fingerprint density at radius 3 is 2.39 bits per heavy atom. The first-order chi connectivity index (χ1) is 13.5. The predicted molar refractivity (Wildman–Crippen MR) is 115 cm³/mol. The average Bonchev–Trinajstić information content (AvgIpc) is 2.66. The molecule has 2 N–H and O–H groups in total. The number of carbonyl (C=O) groups is 1. The lowest BCUT2D eigenvalue weighted by molar-refractivity contribution is -0.114. The van der Waals surface area contributed by atoms with Crippen molar-refractivity contribution in [1.82, 2.24) is 0 Å². The number of carbonyl (C=O) groups excluding carboxylic acids is 1. The summed E-state index contributed by atoms with van der Waals surface area (Å²) < 4.78 is 11.6. The molecule has 0 heterocycles. The summed E-state index contributed by atoms with van der Waals surface area (Å²) in [5.41, 5.74) is 1.57. The van der Waals surface area contributed by atoms with Gasteiger partial charge in [0.2, 0.25) is 5.91 Å². The quantitative estimate of drug-likeness (QED) is 0.549.